The normalized spacial score (nSPS) is 12.6. The highest BCUT2D eigenvalue weighted by atomic mass is 14.9. The predicted octanol–water partition coefficient (Wildman–Crippen LogP) is 4.70. The molecule has 0 aliphatic heterocycles. The third kappa shape index (κ3) is 3.94. The van der Waals surface area contributed by atoms with Gasteiger partial charge in [0.1, 0.15) is 0 Å². The van der Waals surface area contributed by atoms with E-state index in [4.69, 9.17) is 0 Å². The lowest BCUT2D eigenvalue weighted by molar-refractivity contribution is 0.549. The first-order valence-corrected chi connectivity index (χ1v) is 7.51. The van der Waals surface area contributed by atoms with Crippen molar-refractivity contribution in [2.24, 2.45) is 0 Å². The third-order valence-electron chi connectivity index (χ3n) is 3.92. The molecular formula is C19H25N. The van der Waals surface area contributed by atoms with Crippen LogP contribution >= 0.6 is 0 Å². The van der Waals surface area contributed by atoms with Crippen molar-refractivity contribution >= 4 is 0 Å². The van der Waals surface area contributed by atoms with Crippen molar-refractivity contribution in [2.75, 3.05) is 7.05 Å². The van der Waals surface area contributed by atoms with Crippen molar-refractivity contribution in [3.63, 3.8) is 0 Å². The minimum Gasteiger partial charge on any atom is -0.313 e. The summed E-state index contributed by atoms with van der Waals surface area (Å²) in [5.41, 5.74) is 4.21. The Labute approximate surface area is 123 Å². The van der Waals surface area contributed by atoms with Gasteiger partial charge in [0.25, 0.3) is 0 Å². The fraction of sp³-hybridized carbons (Fsp3) is 0.368. The smallest absolute Gasteiger partial charge is 0.0320 e. The van der Waals surface area contributed by atoms with Gasteiger partial charge < -0.3 is 5.32 Å². The van der Waals surface area contributed by atoms with Gasteiger partial charge in [-0.1, -0.05) is 68.4 Å². The first kappa shape index (κ1) is 14.8. The van der Waals surface area contributed by atoms with Gasteiger partial charge in [-0.2, -0.15) is 0 Å². The zero-order chi connectivity index (χ0) is 14.4. The fourth-order valence-electron chi connectivity index (χ4n) is 2.54. The first-order valence-electron chi connectivity index (χ1n) is 7.51. The van der Waals surface area contributed by atoms with Gasteiger partial charge in [-0.15, -0.1) is 0 Å². The Morgan fingerprint density at radius 2 is 1.50 bits per heavy atom. The number of benzene rings is 2. The van der Waals surface area contributed by atoms with Gasteiger partial charge in [-0.3, -0.25) is 0 Å². The van der Waals surface area contributed by atoms with Crippen LogP contribution in [0.3, 0.4) is 0 Å². The number of rotatable bonds is 6. The summed E-state index contributed by atoms with van der Waals surface area (Å²) >= 11 is 0. The topological polar surface area (TPSA) is 12.0 Å². The zero-order valence-corrected chi connectivity index (χ0v) is 12.8. The van der Waals surface area contributed by atoms with E-state index in [9.17, 15) is 0 Å². The summed E-state index contributed by atoms with van der Waals surface area (Å²) < 4.78 is 0. The monoisotopic (exact) mass is 267 g/mol. The molecule has 1 N–H and O–H groups in total. The molecule has 1 heteroatoms. The summed E-state index contributed by atoms with van der Waals surface area (Å²) in [6.07, 6.45) is 2.24. The van der Waals surface area contributed by atoms with Crippen LogP contribution in [0.4, 0.5) is 0 Å². The quantitative estimate of drug-likeness (QED) is 0.799. The van der Waals surface area contributed by atoms with Crippen molar-refractivity contribution in [3.8, 4) is 0 Å². The Bertz CT molecular complexity index is 499. The molecule has 20 heavy (non-hydrogen) atoms. The lowest BCUT2D eigenvalue weighted by Gasteiger charge is -2.16. The first-order chi connectivity index (χ1) is 9.70. The van der Waals surface area contributed by atoms with E-state index in [1.54, 1.807) is 0 Å². The maximum Gasteiger partial charge on any atom is 0.0320 e. The van der Waals surface area contributed by atoms with Crippen LogP contribution in [-0.4, -0.2) is 7.05 Å². The van der Waals surface area contributed by atoms with E-state index in [1.165, 1.54) is 16.7 Å². The highest BCUT2D eigenvalue weighted by Crippen LogP contribution is 2.20. The van der Waals surface area contributed by atoms with Crippen molar-refractivity contribution < 1.29 is 0 Å². The Kier molecular flexibility index (Phi) is 5.37. The molecule has 0 spiro atoms. The van der Waals surface area contributed by atoms with E-state index in [1.807, 2.05) is 7.05 Å². The molecule has 0 aromatic heterocycles. The van der Waals surface area contributed by atoms with Crippen LogP contribution in [0, 0.1) is 0 Å². The maximum atomic E-state index is 3.42. The van der Waals surface area contributed by atoms with Crippen LogP contribution in [0.15, 0.2) is 54.6 Å². The van der Waals surface area contributed by atoms with Crippen molar-refractivity contribution in [3.05, 3.63) is 71.3 Å². The van der Waals surface area contributed by atoms with E-state index in [2.05, 4.69) is 73.8 Å². The van der Waals surface area contributed by atoms with Gasteiger partial charge >= 0.3 is 0 Å². The molecule has 0 radical (unpaired) electrons. The Morgan fingerprint density at radius 3 is 2.05 bits per heavy atom. The second-order valence-electron chi connectivity index (χ2n) is 5.69. The molecule has 2 aromatic rings. The zero-order valence-electron chi connectivity index (χ0n) is 12.8. The standard InChI is InChI=1S/C19H25N/c1-15(2)17-12-9-16(10-13-17)11-14-19(20-3)18-7-5-4-6-8-18/h4-10,12-13,15,19-20H,11,14H2,1-3H3. The molecule has 2 aromatic carbocycles. The summed E-state index contributed by atoms with van der Waals surface area (Å²) in [6.45, 7) is 4.48. The highest BCUT2D eigenvalue weighted by molar-refractivity contribution is 5.25. The maximum absolute atomic E-state index is 3.42. The predicted molar refractivity (Wildman–Crippen MR) is 87.1 cm³/mol. The summed E-state index contributed by atoms with van der Waals surface area (Å²) in [6, 6.07) is 20.2. The summed E-state index contributed by atoms with van der Waals surface area (Å²) in [5, 5.41) is 3.42. The van der Waals surface area contributed by atoms with E-state index in [0.717, 1.165) is 12.8 Å². The molecule has 2 rings (SSSR count). The summed E-state index contributed by atoms with van der Waals surface area (Å²) in [7, 11) is 2.04. The second kappa shape index (κ2) is 7.25. The number of nitrogens with one attached hydrogen (secondary N) is 1. The van der Waals surface area contributed by atoms with Crippen LogP contribution in [0.25, 0.3) is 0 Å². The molecule has 0 amide bonds. The third-order valence-corrected chi connectivity index (χ3v) is 3.92. The van der Waals surface area contributed by atoms with Crippen LogP contribution in [-0.2, 0) is 6.42 Å². The Balaban J connectivity index is 1.96. The minimum absolute atomic E-state index is 0.431. The fourth-order valence-corrected chi connectivity index (χ4v) is 2.54. The second-order valence-corrected chi connectivity index (χ2v) is 5.69. The lowest BCUT2D eigenvalue weighted by atomic mass is 9.97. The van der Waals surface area contributed by atoms with Crippen molar-refractivity contribution in [2.45, 2.75) is 38.6 Å². The summed E-state index contributed by atoms with van der Waals surface area (Å²) in [4.78, 5) is 0. The van der Waals surface area contributed by atoms with Crippen LogP contribution < -0.4 is 5.32 Å². The molecule has 1 nitrogen and oxygen atoms in total. The highest BCUT2D eigenvalue weighted by Gasteiger charge is 2.08. The number of hydrogen-bond donors (Lipinski definition) is 1. The van der Waals surface area contributed by atoms with Crippen LogP contribution in [0.1, 0.15) is 48.9 Å². The molecule has 1 atom stereocenters. The largest absolute Gasteiger partial charge is 0.313 e. The molecule has 0 heterocycles. The lowest BCUT2D eigenvalue weighted by Crippen LogP contribution is -2.17. The Hall–Kier alpha value is -1.60. The molecule has 0 saturated heterocycles. The molecule has 1 unspecified atom stereocenters. The van der Waals surface area contributed by atoms with Crippen LogP contribution in [0.2, 0.25) is 0 Å². The van der Waals surface area contributed by atoms with E-state index in [-0.39, 0.29) is 0 Å². The van der Waals surface area contributed by atoms with Crippen LogP contribution in [0.5, 0.6) is 0 Å². The molecular weight excluding hydrogens is 242 g/mol. The number of aryl methyl sites for hydroxylation is 1. The van der Waals surface area contributed by atoms with Gasteiger partial charge in [0, 0.05) is 6.04 Å². The average molecular weight is 267 g/mol. The summed E-state index contributed by atoms with van der Waals surface area (Å²) in [5.74, 6) is 0.610. The van der Waals surface area contributed by atoms with E-state index >= 15 is 0 Å². The molecule has 0 aliphatic rings. The number of hydrogen-bond acceptors (Lipinski definition) is 1. The molecule has 0 aliphatic carbocycles. The average Bonchev–Trinajstić information content (AvgIpc) is 2.49. The van der Waals surface area contributed by atoms with E-state index < -0.39 is 0 Å². The van der Waals surface area contributed by atoms with Gasteiger partial charge in [0.2, 0.25) is 0 Å². The van der Waals surface area contributed by atoms with Crippen molar-refractivity contribution in [1.82, 2.24) is 5.32 Å². The van der Waals surface area contributed by atoms with Gasteiger partial charge in [0.05, 0.1) is 0 Å². The molecule has 0 bridgehead atoms. The minimum atomic E-state index is 0.431. The van der Waals surface area contributed by atoms with Gasteiger partial charge in [-0.05, 0) is 42.5 Å². The van der Waals surface area contributed by atoms with Gasteiger partial charge in [-0.25, -0.2) is 0 Å². The van der Waals surface area contributed by atoms with Crippen molar-refractivity contribution in [1.29, 1.82) is 0 Å². The molecule has 106 valence electrons. The Morgan fingerprint density at radius 1 is 0.850 bits per heavy atom. The van der Waals surface area contributed by atoms with E-state index in [0.29, 0.717) is 12.0 Å². The van der Waals surface area contributed by atoms with Gasteiger partial charge in [0.15, 0.2) is 0 Å². The SMILES string of the molecule is CNC(CCc1ccc(C(C)C)cc1)c1ccccc1. The molecule has 0 fully saturated rings. The molecule has 0 saturated carbocycles.